The summed E-state index contributed by atoms with van der Waals surface area (Å²) in [5.41, 5.74) is 5.73. The number of nitrogens with one attached hydrogen (secondary N) is 2. The van der Waals surface area contributed by atoms with Crippen molar-refractivity contribution in [2.75, 3.05) is 18.8 Å². The lowest BCUT2D eigenvalue weighted by molar-refractivity contribution is -0.137. The fourth-order valence-electron chi connectivity index (χ4n) is 3.40. The molecule has 0 saturated heterocycles. The molecule has 33 heavy (non-hydrogen) atoms. The number of hydrogen-bond acceptors (Lipinski definition) is 5. The summed E-state index contributed by atoms with van der Waals surface area (Å²) < 4.78 is 39.3. The molecule has 0 aliphatic heterocycles. The Kier molecular flexibility index (Phi) is 9.22. The van der Waals surface area contributed by atoms with E-state index in [4.69, 9.17) is 5.73 Å². The molecule has 0 saturated carbocycles. The Labute approximate surface area is 191 Å². The van der Waals surface area contributed by atoms with Crippen LogP contribution in [0.3, 0.4) is 0 Å². The van der Waals surface area contributed by atoms with E-state index in [0.29, 0.717) is 24.5 Å². The van der Waals surface area contributed by atoms with E-state index in [1.807, 2.05) is 18.7 Å². The maximum atomic E-state index is 13.1. The van der Waals surface area contributed by atoms with Crippen molar-refractivity contribution in [3.8, 4) is 0 Å². The monoisotopic (exact) mass is 465 g/mol. The van der Waals surface area contributed by atoms with E-state index in [1.165, 1.54) is 18.3 Å². The van der Waals surface area contributed by atoms with Gasteiger partial charge < -0.3 is 16.4 Å². The van der Waals surface area contributed by atoms with Gasteiger partial charge >= 0.3 is 6.18 Å². The number of benzene rings is 1. The molecule has 0 aliphatic rings. The van der Waals surface area contributed by atoms with E-state index in [1.54, 1.807) is 19.1 Å². The van der Waals surface area contributed by atoms with Crippen molar-refractivity contribution < 1.29 is 22.8 Å². The van der Waals surface area contributed by atoms with Gasteiger partial charge in [0, 0.05) is 19.2 Å². The van der Waals surface area contributed by atoms with Gasteiger partial charge in [-0.2, -0.15) is 13.2 Å². The molecule has 1 heterocycles. The van der Waals surface area contributed by atoms with Crippen LogP contribution < -0.4 is 16.4 Å². The first-order valence-electron chi connectivity index (χ1n) is 10.7. The van der Waals surface area contributed by atoms with Crippen molar-refractivity contribution in [1.82, 2.24) is 20.5 Å². The maximum Gasteiger partial charge on any atom is 0.416 e. The third-order valence-electron chi connectivity index (χ3n) is 5.38. The van der Waals surface area contributed by atoms with Crippen LogP contribution in [0.1, 0.15) is 37.5 Å². The first kappa shape index (κ1) is 26.1. The van der Waals surface area contributed by atoms with Crippen molar-refractivity contribution in [2.45, 2.75) is 52.0 Å². The Hall–Kier alpha value is -3.14. The van der Waals surface area contributed by atoms with Crippen molar-refractivity contribution in [1.29, 1.82) is 0 Å². The Morgan fingerprint density at radius 1 is 1.09 bits per heavy atom. The van der Waals surface area contributed by atoms with Gasteiger partial charge in [-0.25, -0.2) is 4.98 Å². The molecular weight excluding hydrogens is 435 g/mol. The second-order valence-electron chi connectivity index (χ2n) is 7.67. The molecule has 2 amide bonds. The molecule has 1 aromatic carbocycles. The minimum Gasteiger partial charge on any atom is -0.384 e. The van der Waals surface area contributed by atoms with Gasteiger partial charge in [0.1, 0.15) is 11.9 Å². The number of nitrogens with zero attached hydrogens (tertiary/aromatic N) is 2. The quantitative estimate of drug-likeness (QED) is 0.501. The van der Waals surface area contributed by atoms with Gasteiger partial charge in [0.15, 0.2) is 0 Å². The second kappa shape index (κ2) is 11.6. The van der Waals surface area contributed by atoms with Crippen LogP contribution in [-0.4, -0.2) is 46.9 Å². The van der Waals surface area contributed by atoms with Crippen LogP contribution in [0.25, 0.3) is 0 Å². The highest BCUT2D eigenvalue weighted by atomic mass is 19.4. The first-order valence-corrected chi connectivity index (χ1v) is 10.7. The minimum absolute atomic E-state index is 0.0908. The molecule has 10 heteroatoms. The number of likely N-dealkylation sites (N-methyl/N-ethyl adjacent to an activating group) is 1. The third-order valence-corrected chi connectivity index (χ3v) is 5.38. The standard InChI is InChI=1S/C23H30F3N5O2/c1-4-31(5-2)15(3)21(32)30-19(12-16-7-6-8-18(11-16)23(24,25)26)22(33)29-14-17-9-10-20(27)28-13-17/h6-11,13,15,19H,4-5,12,14H2,1-3H3,(H2,27,28)(H,29,33)(H,30,32)/t15-,19-/m0/s1. The summed E-state index contributed by atoms with van der Waals surface area (Å²) in [5, 5.41) is 5.42. The summed E-state index contributed by atoms with van der Waals surface area (Å²) >= 11 is 0. The molecule has 7 nitrogen and oxygen atoms in total. The molecule has 1 aromatic heterocycles. The Balaban J connectivity index is 2.20. The van der Waals surface area contributed by atoms with Gasteiger partial charge in [0.2, 0.25) is 11.8 Å². The Bertz CT molecular complexity index is 930. The van der Waals surface area contributed by atoms with Crippen LogP contribution >= 0.6 is 0 Å². The number of aromatic nitrogens is 1. The molecule has 0 fully saturated rings. The predicted octanol–water partition coefficient (Wildman–Crippen LogP) is 2.76. The van der Waals surface area contributed by atoms with Crippen LogP contribution in [0.15, 0.2) is 42.6 Å². The normalized spacial score (nSPS) is 13.4. The van der Waals surface area contributed by atoms with E-state index in [0.717, 1.165) is 12.1 Å². The fraction of sp³-hybridized carbons (Fsp3) is 0.435. The second-order valence-corrected chi connectivity index (χ2v) is 7.67. The Morgan fingerprint density at radius 3 is 2.36 bits per heavy atom. The predicted molar refractivity (Wildman–Crippen MR) is 120 cm³/mol. The summed E-state index contributed by atoms with van der Waals surface area (Å²) in [6.07, 6.45) is -3.08. The number of hydrogen-bond donors (Lipinski definition) is 3. The van der Waals surface area contributed by atoms with Gasteiger partial charge in [0.25, 0.3) is 0 Å². The summed E-state index contributed by atoms with van der Waals surface area (Å²) in [4.78, 5) is 31.6. The molecular formula is C23H30F3N5O2. The molecule has 2 aromatic rings. The molecule has 2 atom stereocenters. The number of rotatable bonds is 10. The van der Waals surface area contributed by atoms with Crippen molar-refractivity contribution in [3.63, 3.8) is 0 Å². The average molecular weight is 466 g/mol. The van der Waals surface area contributed by atoms with E-state index in [2.05, 4.69) is 15.6 Å². The van der Waals surface area contributed by atoms with Crippen LogP contribution in [0.2, 0.25) is 0 Å². The zero-order chi connectivity index (χ0) is 24.6. The van der Waals surface area contributed by atoms with Crippen LogP contribution in [0, 0.1) is 0 Å². The number of nitrogen functional groups attached to an aromatic ring is 1. The number of alkyl halides is 3. The van der Waals surface area contributed by atoms with E-state index >= 15 is 0 Å². The fourth-order valence-corrected chi connectivity index (χ4v) is 3.40. The molecule has 0 spiro atoms. The highest BCUT2D eigenvalue weighted by Gasteiger charge is 2.31. The molecule has 4 N–H and O–H groups in total. The van der Waals surface area contributed by atoms with Gasteiger partial charge in [-0.05, 0) is 43.3 Å². The minimum atomic E-state index is -4.50. The molecule has 0 radical (unpaired) electrons. The van der Waals surface area contributed by atoms with Crippen molar-refractivity contribution in [2.24, 2.45) is 0 Å². The lowest BCUT2D eigenvalue weighted by Gasteiger charge is -2.27. The van der Waals surface area contributed by atoms with Crippen molar-refractivity contribution >= 4 is 17.6 Å². The number of nitrogens with two attached hydrogens (primary N) is 1. The zero-order valence-electron chi connectivity index (χ0n) is 18.9. The highest BCUT2D eigenvalue weighted by Crippen LogP contribution is 2.29. The summed E-state index contributed by atoms with van der Waals surface area (Å²) in [5.74, 6) is -0.547. The first-order chi connectivity index (χ1) is 15.5. The summed E-state index contributed by atoms with van der Waals surface area (Å²) in [6, 6.07) is 6.48. The largest absolute Gasteiger partial charge is 0.416 e. The van der Waals surface area contributed by atoms with Gasteiger partial charge in [0.05, 0.1) is 11.6 Å². The molecule has 0 aliphatic carbocycles. The number of amides is 2. The molecule has 2 rings (SSSR count). The maximum absolute atomic E-state index is 13.1. The smallest absolute Gasteiger partial charge is 0.384 e. The SMILES string of the molecule is CCN(CC)[C@@H](C)C(=O)N[C@@H](Cc1cccc(C(F)(F)F)c1)C(=O)NCc1ccc(N)nc1. The topological polar surface area (TPSA) is 100 Å². The summed E-state index contributed by atoms with van der Waals surface area (Å²) in [6.45, 7) is 6.97. The molecule has 180 valence electrons. The average Bonchev–Trinajstić information content (AvgIpc) is 2.78. The lowest BCUT2D eigenvalue weighted by Crippen LogP contribution is -2.53. The lowest BCUT2D eigenvalue weighted by atomic mass is 10.0. The highest BCUT2D eigenvalue weighted by molar-refractivity contribution is 5.89. The van der Waals surface area contributed by atoms with E-state index in [-0.39, 0.29) is 24.4 Å². The van der Waals surface area contributed by atoms with Gasteiger partial charge in [-0.3, -0.25) is 14.5 Å². The van der Waals surface area contributed by atoms with Gasteiger partial charge in [-0.15, -0.1) is 0 Å². The van der Waals surface area contributed by atoms with E-state index in [9.17, 15) is 22.8 Å². The zero-order valence-corrected chi connectivity index (χ0v) is 18.9. The number of halogens is 3. The number of anilines is 1. The van der Waals surface area contributed by atoms with Crippen LogP contribution in [0.5, 0.6) is 0 Å². The number of carbonyl (C=O) groups is 2. The number of pyridine rings is 1. The molecule has 0 bridgehead atoms. The number of carbonyl (C=O) groups excluding carboxylic acids is 2. The summed E-state index contributed by atoms with van der Waals surface area (Å²) in [7, 11) is 0. The van der Waals surface area contributed by atoms with E-state index < -0.39 is 29.7 Å². The van der Waals surface area contributed by atoms with Crippen molar-refractivity contribution in [3.05, 3.63) is 59.3 Å². The van der Waals surface area contributed by atoms with Crippen LogP contribution in [0.4, 0.5) is 19.0 Å². The third kappa shape index (κ3) is 7.74. The van der Waals surface area contributed by atoms with Crippen LogP contribution in [-0.2, 0) is 28.7 Å². The Morgan fingerprint density at radius 2 is 1.79 bits per heavy atom. The molecule has 0 unspecified atom stereocenters. The van der Waals surface area contributed by atoms with Gasteiger partial charge in [-0.1, -0.05) is 38.1 Å².